The Bertz CT molecular complexity index is 572. The summed E-state index contributed by atoms with van der Waals surface area (Å²) in [5.41, 5.74) is 3.02. The Morgan fingerprint density at radius 1 is 1.47 bits per heavy atom. The monoisotopic (exact) mass is 245 g/mol. The van der Waals surface area contributed by atoms with E-state index in [0.29, 0.717) is 5.56 Å². The first kappa shape index (κ1) is 11.5. The van der Waals surface area contributed by atoms with Gasteiger partial charge in [0, 0.05) is 10.4 Å². The van der Waals surface area contributed by atoms with E-state index >= 15 is 0 Å². The second-order valence-corrected chi connectivity index (χ2v) is 4.60. The number of aromatic hydroxyl groups is 1. The van der Waals surface area contributed by atoms with Crippen LogP contribution in [0.15, 0.2) is 35.9 Å². The molecule has 0 bridgehead atoms. The third-order valence-electron chi connectivity index (χ3n) is 2.31. The molecular formula is C13H11NO2S. The fourth-order valence-corrected chi connectivity index (χ4v) is 1.95. The van der Waals surface area contributed by atoms with Crippen LogP contribution in [0.3, 0.4) is 0 Å². The number of ketones is 1. The molecule has 0 saturated carbocycles. The SMILES string of the molecule is Cc1scnc1/C=C/C(=O)c1cccc(O)c1. The van der Waals surface area contributed by atoms with Gasteiger partial charge in [-0.25, -0.2) is 4.98 Å². The summed E-state index contributed by atoms with van der Waals surface area (Å²) in [5, 5.41) is 9.27. The van der Waals surface area contributed by atoms with Gasteiger partial charge >= 0.3 is 0 Å². The molecule has 3 nitrogen and oxygen atoms in total. The Morgan fingerprint density at radius 3 is 2.94 bits per heavy atom. The third kappa shape index (κ3) is 2.79. The molecule has 0 atom stereocenters. The molecule has 0 spiro atoms. The first-order valence-corrected chi connectivity index (χ1v) is 5.96. The fraction of sp³-hybridized carbons (Fsp3) is 0.0769. The van der Waals surface area contributed by atoms with Crippen molar-refractivity contribution in [3.63, 3.8) is 0 Å². The first-order chi connectivity index (χ1) is 8.16. The van der Waals surface area contributed by atoms with Gasteiger partial charge in [0.1, 0.15) is 5.75 Å². The largest absolute Gasteiger partial charge is 0.508 e. The lowest BCUT2D eigenvalue weighted by atomic mass is 10.1. The van der Waals surface area contributed by atoms with Crippen LogP contribution in [-0.4, -0.2) is 15.9 Å². The van der Waals surface area contributed by atoms with Crippen molar-refractivity contribution in [2.24, 2.45) is 0 Å². The zero-order valence-electron chi connectivity index (χ0n) is 9.25. The van der Waals surface area contributed by atoms with Crippen molar-refractivity contribution in [2.45, 2.75) is 6.92 Å². The predicted molar refractivity (Wildman–Crippen MR) is 68.3 cm³/mol. The van der Waals surface area contributed by atoms with Crippen LogP contribution in [-0.2, 0) is 0 Å². The van der Waals surface area contributed by atoms with Gasteiger partial charge in [-0.1, -0.05) is 12.1 Å². The Morgan fingerprint density at radius 2 is 2.29 bits per heavy atom. The molecule has 2 aromatic rings. The number of aryl methyl sites for hydroxylation is 1. The molecule has 0 aliphatic rings. The summed E-state index contributed by atoms with van der Waals surface area (Å²) < 4.78 is 0. The Labute approximate surface area is 103 Å². The van der Waals surface area contributed by atoms with Gasteiger partial charge in [-0.05, 0) is 31.2 Å². The highest BCUT2D eigenvalue weighted by molar-refractivity contribution is 7.09. The summed E-state index contributed by atoms with van der Waals surface area (Å²) in [6.45, 7) is 1.95. The van der Waals surface area contributed by atoms with Gasteiger partial charge in [-0.15, -0.1) is 11.3 Å². The molecule has 0 fully saturated rings. The van der Waals surface area contributed by atoms with Crippen LogP contribution in [0.4, 0.5) is 0 Å². The maximum Gasteiger partial charge on any atom is 0.186 e. The minimum atomic E-state index is -0.145. The number of thiazole rings is 1. The van der Waals surface area contributed by atoms with E-state index in [9.17, 15) is 9.90 Å². The molecular weight excluding hydrogens is 234 g/mol. The van der Waals surface area contributed by atoms with Crippen molar-refractivity contribution in [2.75, 3.05) is 0 Å². The third-order valence-corrected chi connectivity index (χ3v) is 3.08. The van der Waals surface area contributed by atoms with E-state index in [1.807, 2.05) is 6.92 Å². The molecule has 1 aromatic heterocycles. The number of benzene rings is 1. The van der Waals surface area contributed by atoms with Crippen molar-refractivity contribution >= 4 is 23.2 Å². The zero-order valence-corrected chi connectivity index (χ0v) is 10.1. The molecule has 1 heterocycles. The van der Waals surface area contributed by atoms with Gasteiger partial charge in [-0.2, -0.15) is 0 Å². The van der Waals surface area contributed by atoms with Crippen molar-refractivity contribution in [1.82, 2.24) is 4.98 Å². The van der Waals surface area contributed by atoms with Gasteiger partial charge in [0.25, 0.3) is 0 Å². The highest BCUT2D eigenvalue weighted by atomic mass is 32.1. The lowest BCUT2D eigenvalue weighted by Gasteiger charge is -1.96. The van der Waals surface area contributed by atoms with Crippen LogP contribution in [0, 0.1) is 6.92 Å². The number of carbonyl (C=O) groups excluding carboxylic acids is 1. The highest BCUT2D eigenvalue weighted by Gasteiger charge is 2.03. The quantitative estimate of drug-likeness (QED) is 0.668. The highest BCUT2D eigenvalue weighted by Crippen LogP contribution is 2.15. The normalized spacial score (nSPS) is 10.9. The minimum absolute atomic E-state index is 0.0917. The topological polar surface area (TPSA) is 50.2 Å². The van der Waals surface area contributed by atoms with E-state index in [1.165, 1.54) is 18.2 Å². The van der Waals surface area contributed by atoms with Crippen LogP contribution in [0.1, 0.15) is 20.9 Å². The summed E-state index contributed by atoms with van der Waals surface area (Å²) >= 11 is 1.54. The number of hydrogen-bond donors (Lipinski definition) is 1. The lowest BCUT2D eigenvalue weighted by Crippen LogP contribution is -1.93. The Kier molecular flexibility index (Phi) is 3.35. The summed E-state index contributed by atoms with van der Waals surface area (Å²) in [7, 11) is 0. The van der Waals surface area contributed by atoms with Crippen molar-refractivity contribution in [3.8, 4) is 5.75 Å². The van der Waals surface area contributed by atoms with E-state index < -0.39 is 0 Å². The predicted octanol–water partition coefficient (Wildman–Crippen LogP) is 3.05. The van der Waals surface area contributed by atoms with Crippen molar-refractivity contribution in [3.05, 3.63) is 52.0 Å². The summed E-state index contributed by atoms with van der Waals surface area (Å²) in [6.07, 6.45) is 3.16. The number of nitrogens with zero attached hydrogens (tertiary/aromatic N) is 1. The van der Waals surface area contributed by atoms with Crippen molar-refractivity contribution < 1.29 is 9.90 Å². The standard InChI is InChI=1S/C13H11NO2S/c1-9-12(14-8-17-9)5-6-13(16)10-3-2-4-11(15)7-10/h2-8,15H,1H3/b6-5+. The van der Waals surface area contributed by atoms with Crippen LogP contribution >= 0.6 is 11.3 Å². The molecule has 1 aromatic carbocycles. The van der Waals surface area contributed by atoms with E-state index in [1.54, 1.807) is 35.1 Å². The molecule has 0 radical (unpaired) electrons. The van der Waals surface area contributed by atoms with Gasteiger partial charge < -0.3 is 5.11 Å². The van der Waals surface area contributed by atoms with Gasteiger partial charge in [0.05, 0.1) is 11.2 Å². The molecule has 0 aliphatic carbocycles. The van der Waals surface area contributed by atoms with E-state index in [2.05, 4.69) is 4.98 Å². The molecule has 0 unspecified atom stereocenters. The second kappa shape index (κ2) is 4.93. The number of carbonyl (C=O) groups is 1. The molecule has 2 rings (SSSR count). The number of rotatable bonds is 3. The molecule has 4 heteroatoms. The van der Waals surface area contributed by atoms with Crippen LogP contribution < -0.4 is 0 Å². The summed E-state index contributed by atoms with van der Waals surface area (Å²) in [5.74, 6) is -0.0533. The van der Waals surface area contributed by atoms with Crippen LogP contribution in [0.2, 0.25) is 0 Å². The second-order valence-electron chi connectivity index (χ2n) is 3.54. The van der Waals surface area contributed by atoms with E-state index in [-0.39, 0.29) is 11.5 Å². The van der Waals surface area contributed by atoms with E-state index in [0.717, 1.165) is 10.6 Å². The minimum Gasteiger partial charge on any atom is -0.508 e. The molecule has 86 valence electrons. The molecule has 0 amide bonds. The maximum atomic E-state index is 11.8. The number of hydrogen-bond acceptors (Lipinski definition) is 4. The Hall–Kier alpha value is -1.94. The average molecular weight is 245 g/mol. The maximum absolute atomic E-state index is 11.8. The van der Waals surface area contributed by atoms with Crippen molar-refractivity contribution in [1.29, 1.82) is 0 Å². The van der Waals surface area contributed by atoms with Gasteiger partial charge in [-0.3, -0.25) is 4.79 Å². The van der Waals surface area contributed by atoms with Gasteiger partial charge in [0.2, 0.25) is 0 Å². The van der Waals surface area contributed by atoms with Crippen LogP contribution in [0.5, 0.6) is 5.75 Å². The fourth-order valence-electron chi connectivity index (χ4n) is 1.38. The zero-order chi connectivity index (χ0) is 12.3. The average Bonchev–Trinajstić information content (AvgIpc) is 2.72. The number of phenolic OH excluding ortho intramolecular Hbond substituents is 1. The Balaban J connectivity index is 2.17. The number of aromatic nitrogens is 1. The van der Waals surface area contributed by atoms with Gasteiger partial charge in [0.15, 0.2) is 5.78 Å². The van der Waals surface area contributed by atoms with Crippen LogP contribution in [0.25, 0.3) is 6.08 Å². The summed E-state index contributed by atoms with van der Waals surface area (Å²) in [6, 6.07) is 6.29. The first-order valence-electron chi connectivity index (χ1n) is 5.08. The molecule has 17 heavy (non-hydrogen) atoms. The number of allylic oxidation sites excluding steroid dienone is 1. The number of phenols is 1. The lowest BCUT2D eigenvalue weighted by molar-refractivity contribution is 0.104. The smallest absolute Gasteiger partial charge is 0.186 e. The summed E-state index contributed by atoms with van der Waals surface area (Å²) in [4.78, 5) is 17.0. The molecule has 1 N–H and O–H groups in total. The van der Waals surface area contributed by atoms with E-state index in [4.69, 9.17) is 0 Å². The molecule has 0 aliphatic heterocycles. The molecule has 0 saturated heterocycles.